The predicted molar refractivity (Wildman–Crippen MR) is 85.4 cm³/mol. The number of pyridine rings is 1. The molecule has 0 aliphatic heterocycles. The van der Waals surface area contributed by atoms with Crippen molar-refractivity contribution < 1.29 is 18.7 Å². The lowest BCUT2D eigenvalue weighted by atomic mass is 10.1. The third kappa shape index (κ3) is 2.92. The minimum atomic E-state index is -0.568. The van der Waals surface area contributed by atoms with Gasteiger partial charge in [0, 0.05) is 19.7 Å². The summed E-state index contributed by atoms with van der Waals surface area (Å²) in [5, 5.41) is 4.72. The molecular formula is C17H16FN3O3. The highest BCUT2D eigenvalue weighted by molar-refractivity contribution is 5.98. The third-order valence-corrected chi connectivity index (χ3v) is 3.70. The molecule has 2 aromatic heterocycles. The molecule has 0 bridgehead atoms. The SMILES string of the molecule is COc1c(C(=O)OCCc2ccccc2F)cnc2c1cnn2C. The van der Waals surface area contributed by atoms with Crippen LogP contribution in [0.3, 0.4) is 0 Å². The number of aryl methyl sites for hydroxylation is 1. The summed E-state index contributed by atoms with van der Waals surface area (Å²) in [5.74, 6) is -0.519. The summed E-state index contributed by atoms with van der Waals surface area (Å²) in [6.45, 7) is 0.0635. The summed E-state index contributed by atoms with van der Waals surface area (Å²) < 4.78 is 25.7. The molecule has 6 nitrogen and oxygen atoms in total. The maximum Gasteiger partial charge on any atom is 0.343 e. The average Bonchev–Trinajstić information content (AvgIpc) is 2.97. The molecule has 0 saturated carbocycles. The topological polar surface area (TPSA) is 66.2 Å². The zero-order valence-corrected chi connectivity index (χ0v) is 13.3. The number of aromatic nitrogens is 3. The fourth-order valence-electron chi connectivity index (χ4n) is 2.47. The average molecular weight is 329 g/mol. The van der Waals surface area contributed by atoms with Crippen molar-refractivity contribution in [3.8, 4) is 5.75 Å². The molecule has 24 heavy (non-hydrogen) atoms. The number of hydrogen-bond donors (Lipinski definition) is 0. The van der Waals surface area contributed by atoms with Gasteiger partial charge in [0.1, 0.15) is 17.1 Å². The molecule has 0 N–H and O–H groups in total. The van der Waals surface area contributed by atoms with Gasteiger partial charge in [-0.3, -0.25) is 4.68 Å². The third-order valence-electron chi connectivity index (χ3n) is 3.70. The first-order chi connectivity index (χ1) is 11.6. The molecule has 3 rings (SSSR count). The monoisotopic (exact) mass is 329 g/mol. The fourth-order valence-corrected chi connectivity index (χ4v) is 2.47. The van der Waals surface area contributed by atoms with Gasteiger partial charge in [0.05, 0.1) is 25.3 Å². The Bertz CT molecular complexity index is 892. The highest BCUT2D eigenvalue weighted by Gasteiger charge is 2.19. The Morgan fingerprint density at radius 3 is 2.83 bits per heavy atom. The van der Waals surface area contributed by atoms with Gasteiger partial charge >= 0.3 is 5.97 Å². The number of ether oxygens (including phenoxy) is 2. The second-order valence-corrected chi connectivity index (χ2v) is 5.19. The Labute approximate surface area is 137 Å². The Morgan fingerprint density at radius 2 is 2.08 bits per heavy atom. The van der Waals surface area contributed by atoms with Crippen molar-refractivity contribution >= 4 is 17.0 Å². The fraction of sp³-hybridized carbons (Fsp3) is 0.235. The van der Waals surface area contributed by atoms with E-state index in [1.807, 2.05) is 0 Å². The molecule has 124 valence electrons. The minimum absolute atomic E-state index is 0.0635. The second kappa shape index (κ2) is 6.66. The molecule has 0 fully saturated rings. The predicted octanol–water partition coefficient (Wildman–Crippen LogP) is 2.52. The summed E-state index contributed by atoms with van der Waals surface area (Å²) >= 11 is 0. The van der Waals surface area contributed by atoms with Gasteiger partial charge in [0.2, 0.25) is 0 Å². The van der Waals surface area contributed by atoms with Crippen molar-refractivity contribution in [1.82, 2.24) is 14.8 Å². The molecular weight excluding hydrogens is 313 g/mol. The van der Waals surface area contributed by atoms with Crippen LogP contribution >= 0.6 is 0 Å². The van der Waals surface area contributed by atoms with Crippen LogP contribution < -0.4 is 4.74 Å². The van der Waals surface area contributed by atoms with E-state index in [0.29, 0.717) is 28.8 Å². The van der Waals surface area contributed by atoms with E-state index >= 15 is 0 Å². The van der Waals surface area contributed by atoms with Crippen LogP contribution in [0.4, 0.5) is 4.39 Å². The maximum absolute atomic E-state index is 13.6. The van der Waals surface area contributed by atoms with E-state index in [4.69, 9.17) is 9.47 Å². The molecule has 0 amide bonds. The van der Waals surface area contributed by atoms with Crippen LogP contribution in [0.2, 0.25) is 0 Å². The van der Waals surface area contributed by atoms with Crippen molar-refractivity contribution in [1.29, 1.82) is 0 Å². The van der Waals surface area contributed by atoms with Gasteiger partial charge in [0.15, 0.2) is 5.65 Å². The molecule has 3 aromatic rings. The number of rotatable bonds is 5. The first kappa shape index (κ1) is 15.9. The summed E-state index contributed by atoms with van der Waals surface area (Å²) in [7, 11) is 3.22. The standard InChI is InChI=1S/C17H16FN3O3/c1-21-16-12(10-20-21)15(23-2)13(9-19-16)17(22)24-8-7-11-5-3-4-6-14(11)18/h3-6,9-10H,7-8H2,1-2H3. The van der Waals surface area contributed by atoms with E-state index in [2.05, 4.69) is 10.1 Å². The number of esters is 1. The molecule has 0 spiro atoms. The lowest BCUT2D eigenvalue weighted by molar-refractivity contribution is 0.0504. The van der Waals surface area contributed by atoms with E-state index in [0.717, 1.165) is 0 Å². The lowest BCUT2D eigenvalue weighted by Crippen LogP contribution is -2.11. The quantitative estimate of drug-likeness (QED) is 0.673. The minimum Gasteiger partial charge on any atom is -0.495 e. The van der Waals surface area contributed by atoms with E-state index in [1.54, 1.807) is 36.1 Å². The van der Waals surface area contributed by atoms with E-state index in [9.17, 15) is 9.18 Å². The lowest BCUT2D eigenvalue weighted by Gasteiger charge is -2.09. The highest BCUT2D eigenvalue weighted by Crippen LogP contribution is 2.28. The Balaban J connectivity index is 1.75. The van der Waals surface area contributed by atoms with Crippen LogP contribution in [0.25, 0.3) is 11.0 Å². The number of methoxy groups -OCH3 is 1. The van der Waals surface area contributed by atoms with Crippen LogP contribution in [0, 0.1) is 5.82 Å². The summed E-state index contributed by atoms with van der Waals surface area (Å²) in [6, 6.07) is 6.39. The number of benzene rings is 1. The van der Waals surface area contributed by atoms with Gasteiger partial charge in [-0.1, -0.05) is 18.2 Å². The van der Waals surface area contributed by atoms with Gasteiger partial charge in [-0.05, 0) is 11.6 Å². The zero-order valence-electron chi connectivity index (χ0n) is 13.3. The molecule has 0 atom stereocenters. The van der Waals surface area contributed by atoms with E-state index in [-0.39, 0.29) is 18.0 Å². The van der Waals surface area contributed by atoms with Crippen LogP contribution in [-0.4, -0.2) is 34.5 Å². The molecule has 0 saturated heterocycles. The number of carbonyl (C=O) groups excluding carboxylic acids is 1. The zero-order chi connectivity index (χ0) is 17.1. The Morgan fingerprint density at radius 1 is 1.29 bits per heavy atom. The summed E-state index contributed by atoms with van der Waals surface area (Å²) in [6.07, 6.45) is 3.27. The van der Waals surface area contributed by atoms with Crippen LogP contribution in [-0.2, 0) is 18.2 Å². The Kier molecular flexibility index (Phi) is 4.41. The summed E-state index contributed by atoms with van der Waals surface area (Å²) in [5.41, 5.74) is 1.32. The normalized spacial score (nSPS) is 10.8. The highest BCUT2D eigenvalue weighted by atomic mass is 19.1. The van der Waals surface area contributed by atoms with Crippen molar-refractivity contribution in [2.45, 2.75) is 6.42 Å². The molecule has 0 aliphatic rings. The van der Waals surface area contributed by atoms with Crippen molar-refractivity contribution in [2.75, 3.05) is 13.7 Å². The summed E-state index contributed by atoms with van der Waals surface area (Å²) in [4.78, 5) is 16.5. The van der Waals surface area contributed by atoms with Crippen molar-refractivity contribution in [3.63, 3.8) is 0 Å². The van der Waals surface area contributed by atoms with Crippen molar-refractivity contribution in [3.05, 3.63) is 53.6 Å². The molecule has 0 radical (unpaired) electrons. The molecule has 1 aromatic carbocycles. The molecule has 0 aliphatic carbocycles. The largest absolute Gasteiger partial charge is 0.495 e. The van der Waals surface area contributed by atoms with Crippen LogP contribution in [0.15, 0.2) is 36.7 Å². The second-order valence-electron chi connectivity index (χ2n) is 5.19. The first-order valence-electron chi connectivity index (χ1n) is 7.37. The first-order valence-corrected chi connectivity index (χ1v) is 7.37. The van der Waals surface area contributed by atoms with E-state index < -0.39 is 5.97 Å². The van der Waals surface area contributed by atoms with E-state index in [1.165, 1.54) is 19.4 Å². The van der Waals surface area contributed by atoms with Crippen LogP contribution in [0.1, 0.15) is 15.9 Å². The number of carbonyl (C=O) groups is 1. The number of fused-ring (bicyclic) bond motifs is 1. The van der Waals surface area contributed by atoms with Gasteiger partial charge in [-0.15, -0.1) is 0 Å². The number of hydrogen-bond acceptors (Lipinski definition) is 5. The van der Waals surface area contributed by atoms with Gasteiger partial charge in [0.25, 0.3) is 0 Å². The Hall–Kier alpha value is -2.96. The molecule has 7 heteroatoms. The molecule has 2 heterocycles. The van der Waals surface area contributed by atoms with Crippen LogP contribution in [0.5, 0.6) is 5.75 Å². The number of nitrogens with zero attached hydrogens (tertiary/aromatic N) is 3. The molecule has 0 unspecified atom stereocenters. The smallest absolute Gasteiger partial charge is 0.343 e. The van der Waals surface area contributed by atoms with Crippen molar-refractivity contribution in [2.24, 2.45) is 7.05 Å². The van der Waals surface area contributed by atoms with Gasteiger partial charge < -0.3 is 9.47 Å². The van der Waals surface area contributed by atoms with Gasteiger partial charge in [-0.25, -0.2) is 14.2 Å². The van der Waals surface area contributed by atoms with Gasteiger partial charge in [-0.2, -0.15) is 5.10 Å². The number of halogens is 1. The maximum atomic E-state index is 13.6.